The van der Waals surface area contributed by atoms with Crippen molar-refractivity contribution in [1.82, 2.24) is 9.55 Å². The van der Waals surface area contributed by atoms with Gasteiger partial charge in [0, 0.05) is 20.3 Å². The zero-order valence-electron chi connectivity index (χ0n) is 12.2. The lowest BCUT2D eigenvalue weighted by Gasteiger charge is -2.23. The third-order valence-electron chi connectivity index (χ3n) is 3.54. The summed E-state index contributed by atoms with van der Waals surface area (Å²) in [6.07, 6.45) is 3.21. The molecule has 0 radical (unpaired) electrons. The molecule has 8 heteroatoms. The van der Waals surface area contributed by atoms with Gasteiger partial charge in [0.25, 0.3) is 5.56 Å². The van der Waals surface area contributed by atoms with Crippen molar-refractivity contribution in [2.75, 3.05) is 37.9 Å². The second-order valence-corrected chi connectivity index (χ2v) is 5.03. The van der Waals surface area contributed by atoms with Gasteiger partial charge in [-0.3, -0.25) is 14.3 Å². The van der Waals surface area contributed by atoms with E-state index < -0.39 is 11.2 Å². The number of hydrogen-bond acceptors (Lipinski definition) is 6. The highest BCUT2D eigenvalue weighted by molar-refractivity contribution is 5.60. The number of nitrogens with two attached hydrogens (primary N) is 1. The monoisotopic (exact) mass is 298 g/mol. The highest BCUT2D eigenvalue weighted by Gasteiger charge is 2.16. The second kappa shape index (κ2) is 7.28. The average molecular weight is 298 g/mol. The maximum absolute atomic E-state index is 11.9. The molecule has 2 heterocycles. The third kappa shape index (κ3) is 3.85. The van der Waals surface area contributed by atoms with E-state index in [-0.39, 0.29) is 24.2 Å². The molecule has 0 saturated carbocycles. The van der Waals surface area contributed by atoms with E-state index in [1.165, 1.54) is 11.7 Å². The second-order valence-electron chi connectivity index (χ2n) is 5.03. The van der Waals surface area contributed by atoms with Crippen molar-refractivity contribution in [1.29, 1.82) is 0 Å². The largest absolute Gasteiger partial charge is 0.383 e. The van der Waals surface area contributed by atoms with Gasteiger partial charge in [0.1, 0.15) is 11.5 Å². The molecule has 0 amide bonds. The van der Waals surface area contributed by atoms with Crippen LogP contribution in [0.15, 0.2) is 9.59 Å². The molecule has 1 atom stereocenters. The van der Waals surface area contributed by atoms with Crippen LogP contribution in [0.5, 0.6) is 0 Å². The number of ether oxygens (including phenoxy) is 2. The van der Waals surface area contributed by atoms with E-state index in [1.54, 1.807) is 0 Å². The van der Waals surface area contributed by atoms with Crippen molar-refractivity contribution in [3.8, 4) is 0 Å². The Morgan fingerprint density at radius 1 is 1.48 bits per heavy atom. The van der Waals surface area contributed by atoms with Crippen molar-refractivity contribution >= 4 is 11.5 Å². The Balaban J connectivity index is 2.14. The van der Waals surface area contributed by atoms with E-state index in [0.29, 0.717) is 13.2 Å². The molecule has 0 spiro atoms. The molecule has 1 unspecified atom stereocenters. The Morgan fingerprint density at radius 3 is 2.95 bits per heavy atom. The number of H-pyrrole nitrogens is 1. The highest BCUT2D eigenvalue weighted by atomic mass is 16.5. The Kier molecular flexibility index (Phi) is 5.40. The molecule has 118 valence electrons. The molecule has 1 aromatic rings. The highest BCUT2D eigenvalue weighted by Crippen LogP contribution is 2.15. The predicted octanol–water partition coefficient (Wildman–Crippen LogP) is -0.254. The summed E-state index contributed by atoms with van der Waals surface area (Å²) in [7, 11) is 1.53. The fourth-order valence-corrected chi connectivity index (χ4v) is 2.35. The Hall–Kier alpha value is -1.80. The van der Waals surface area contributed by atoms with Gasteiger partial charge in [-0.1, -0.05) is 0 Å². The van der Waals surface area contributed by atoms with Gasteiger partial charge in [-0.05, 0) is 19.3 Å². The summed E-state index contributed by atoms with van der Waals surface area (Å²) in [5, 5.41) is 3.00. The lowest BCUT2D eigenvalue weighted by molar-refractivity contribution is 0.0247. The molecule has 1 aliphatic rings. The summed E-state index contributed by atoms with van der Waals surface area (Å²) in [6, 6.07) is 0. The quantitative estimate of drug-likeness (QED) is 0.667. The van der Waals surface area contributed by atoms with E-state index in [0.717, 1.165) is 25.9 Å². The first-order valence-corrected chi connectivity index (χ1v) is 7.10. The number of nitrogens with one attached hydrogen (secondary N) is 2. The Morgan fingerprint density at radius 2 is 2.29 bits per heavy atom. The SMILES string of the molecule is COCCn1c(N)c(NCC2CCCCO2)c(=O)[nH]c1=O. The number of hydrogen-bond donors (Lipinski definition) is 3. The van der Waals surface area contributed by atoms with Crippen LogP contribution in [-0.4, -0.2) is 42.5 Å². The van der Waals surface area contributed by atoms with Crippen LogP contribution in [0, 0.1) is 0 Å². The van der Waals surface area contributed by atoms with E-state index in [9.17, 15) is 9.59 Å². The summed E-state index contributed by atoms with van der Waals surface area (Å²) in [6.45, 7) is 1.86. The van der Waals surface area contributed by atoms with Crippen molar-refractivity contribution < 1.29 is 9.47 Å². The van der Waals surface area contributed by atoms with Crippen molar-refractivity contribution in [2.24, 2.45) is 0 Å². The van der Waals surface area contributed by atoms with Gasteiger partial charge in [-0.2, -0.15) is 0 Å². The minimum absolute atomic E-state index is 0.0666. The molecule has 21 heavy (non-hydrogen) atoms. The molecule has 0 aromatic carbocycles. The molecular formula is C13H22N4O4. The minimum atomic E-state index is -0.533. The zero-order valence-corrected chi connectivity index (χ0v) is 12.2. The molecule has 2 rings (SSSR count). The maximum Gasteiger partial charge on any atom is 0.330 e. The van der Waals surface area contributed by atoms with Gasteiger partial charge >= 0.3 is 5.69 Å². The fourth-order valence-electron chi connectivity index (χ4n) is 2.35. The van der Waals surface area contributed by atoms with Crippen LogP contribution in [0.3, 0.4) is 0 Å². The summed E-state index contributed by atoms with van der Waals surface area (Å²) in [5.41, 5.74) is 5.09. The van der Waals surface area contributed by atoms with E-state index >= 15 is 0 Å². The average Bonchev–Trinajstić information content (AvgIpc) is 2.47. The number of rotatable bonds is 6. The lowest BCUT2D eigenvalue weighted by Crippen LogP contribution is -2.36. The van der Waals surface area contributed by atoms with Gasteiger partial charge in [0.15, 0.2) is 0 Å². The van der Waals surface area contributed by atoms with Crippen molar-refractivity contribution in [2.45, 2.75) is 31.9 Å². The lowest BCUT2D eigenvalue weighted by atomic mass is 10.1. The van der Waals surface area contributed by atoms with Crippen LogP contribution >= 0.6 is 0 Å². The van der Waals surface area contributed by atoms with Crippen LogP contribution < -0.4 is 22.3 Å². The molecule has 4 N–H and O–H groups in total. The first-order chi connectivity index (χ1) is 10.1. The number of aromatic nitrogens is 2. The summed E-state index contributed by atoms with van der Waals surface area (Å²) in [5.74, 6) is 0.122. The maximum atomic E-state index is 11.9. The first kappa shape index (κ1) is 15.6. The van der Waals surface area contributed by atoms with E-state index in [1.807, 2.05) is 0 Å². The Bertz CT molecular complexity index is 575. The molecule has 1 saturated heterocycles. The van der Waals surface area contributed by atoms with Crippen LogP contribution in [0.2, 0.25) is 0 Å². The van der Waals surface area contributed by atoms with Gasteiger partial charge in [-0.15, -0.1) is 0 Å². The smallest absolute Gasteiger partial charge is 0.330 e. The van der Waals surface area contributed by atoms with Gasteiger partial charge < -0.3 is 20.5 Å². The van der Waals surface area contributed by atoms with Gasteiger partial charge in [-0.25, -0.2) is 4.79 Å². The van der Waals surface area contributed by atoms with Gasteiger partial charge in [0.05, 0.1) is 19.3 Å². The molecular weight excluding hydrogens is 276 g/mol. The number of nitrogens with zero attached hydrogens (tertiary/aromatic N) is 1. The fraction of sp³-hybridized carbons (Fsp3) is 0.692. The third-order valence-corrected chi connectivity index (χ3v) is 3.54. The van der Waals surface area contributed by atoms with E-state index in [4.69, 9.17) is 15.2 Å². The molecule has 0 bridgehead atoms. The van der Waals surface area contributed by atoms with E-state index in [2.05, 4.69) is 10.3 Å². The summed E-state index contributed by atoms with van der Waals surface area (Å²) < 4.78 is 11.8. The number of methoxy groups -OCH3 is 1. The molecule has 1 fully saturated rings. The van der Waals surface area contributed by atoms with Gasteiger partial charge in [0.2, 0.25) is 0 Å². The first-order valence-electron chi connectivity index (χ1n) is 7.10. The molecule has 1 aromatic heterocycles. The number of nitrogen functional groups attached to an aromatic ring is 1. The van der Waals surface area contributed by atoms with Crippen LogP contribution in [-0.2, 0) is 16.0 Å². The minimum Gasteiger partial charge on any atom is -0.383 e. The normalized spacial score (nSPS) is 18.6. The van der Waals surface area contributed by atoms with Crippen molar-refractivity contribution in [3.05, 3.63) is 20.8 Å². The Labute approximate surface area is 122 Å². The molecule has 1 aliphatic heterocycles. The zero-order chi connectivity index (χ0) is 15.2. The van der Waals surface area contributed by atoms with Crippen LogP contribution in [0.1, 0.15) is 19.3 Å². The topological polar surface area (TPSA) is 111 Å². The van der Waals surface area contributed by atoms with Crippen LogP contribution in [0.25, 0.3) is 0 Å². The van der Waals surface area contributed by atoms with Crippen molar-refractivity contribution in [3.63, 3.8) is 0 Å². The summed E-state index contributed by atoms with van der Waals surface area (Å²) >= 11 is 0. The van der Waals surface area contributed by atoms with Crippen LogP contribution in [0.4, 0.5) is 11.5 Å². The molecule has 0 aliphatic carbocycles. The number of anilines is 2. The number of aromatic amines is 1. The molecule has 8 nitrogen and oxygen atoms in total. The standard InChI is InChI=1S/C13H22N4O4/c1-20-7-5-17-11(14)10(12(18)16-13(17)19)15-8-9-4-2-3-6-21-9/h9,15H,2-8,14H2,1H3,(H,16,18,19). The summed E-state index contributed by atoms with van der Waals surface area (Å²) in [4.78, 5) is 25.9. The predicted molar refractivity (Wildman–Crippen MR) is 79.7 cm³/mol.